The fraction of sp³-hybridized carbons (Fsp3) is 0.150. The quantitative estimate of drug-likeness (QED) is 0.619. The number of aromatic nitrogens is 2. The Kier molecular flexibility index (Phi) is 5.02. The van der Waals surface area contributed by atoms with E-state index < -0.39 is 11.9 Å². The summed E-state index contributed by atoms with van der Waals surface area (Å²) in [7, 11) is 0. The average Bonchev–Trinajstić information content (AvgIpc) is 3.13. The Morgan fingerprint density at radius 2 is 1.97 bits per heavy atom. The molecular formula is C20H15Cl2FN4O2. The van der Waals surface area contributed by atoms with E-state index in [1.165, 1.54) is 22.9 Å². The van der Waals surface area contributed by atoms with Gasteiger partial charge in [0.25, 0.3) is 5.91 Å². The van der Waals surface area contributed by atoms with Gasteiger partial charge in [-0.1, -0.05) is 35.3 Å². The zero-order valence-corrected chi connectivity index (χ0v) is 16.7. The lowest BCUT2D eigenvalue weighted by Crippen LogP contribution is -2.23. The van der Waals surface area contributed by atoms with Gasteiger partial charge in [0.2, 0.25) is 5.91 Å². The molecule has 1 aliphatic rings. The van der Waals surface area contributed by atoms with E-state index in [1.54, 1.807) is 31.2 Å². The van der Waals surface area contributed by atoms with Crippen LogP contribution in [0.25, 0.3) is 11.1 Å². The third kappa shape index (κ3) is 3.71. The van der Waals surface area contributed by atoms with Gasteiger partial charge in [-0.05, 0) is 42.8 Å². The number of rotatable bonds is 4. The molecular weight excluding hydrogens is 418 g/mol. The van der Waals surface area contributed by atoms with Crippen molar-refractivity contribution in [3.8, 4) is 11.1 Å². The Hall–Kier alpha value is -2.90. The molecule has 2 N–H and O–H groups in total. The first-order valence-corrected chi connectivity index (χ1v) is 9.50. The van der Waals surface area contributed by atoms with Crippen molar-refractivity contribution in [2.45, 2.75) is 19.4 Å². The Morgan fingerprint density at radius 1 is 1.24 bits per heavy atom. The lowest BCUT2D eigenvalue weighted by atomic mass is 10.1. The van der Waals surface area contributed by atoms with E-state index in [1.807, 2.05) is 0 Å². The number of nitrogens with one attached hydrogen (secondary N) is 2. The van der Waals surface area contributed by atoms with Gasteiger partial charge in [-0.25, -0.2) is 9.07 Å². The predicted octanol–water partition coefficient (Wildman–Crippen LogP) is 4.83. The van der Waals surface area contributed by atoms with Crippen LogP contribution in [-0.2, 0) is 9.59 Å². The largest absolute Gasteiger partial charge is 0.325 e. The number of anilines is 2. The maximum Gasteiger partial charge on any atom is 0.251 e. The Morgan fingerprint density at radius 3 is 2.66 bits per heavy atom. The summed E-state index contributed by atoms with van der Waals surface area (Å²) in [5.74, 6) is -0.594. The van der Waals surface area contributed by atoms with Crippen LogP contribution in [0.3, 0.4) is 0 Å². The molecule has 4 rings (SSSR count). The molecule has 3 aromatic rings. The number of nitrogens with zero attached hydrogens (tertiary/aromatic N) is 2. The van der Waals surface area contributed by atoms with Crippen molar-refractivity contribution in [2.75, 3.05) is 10.6 Å². The third-order valence-electron chi connectivity index (χ3n) is 4.64. The van der Waals surface area contributed by atoms with Crippen LogP contribution in [0.1, 0.15) is 18.2 Å². The summed E-state index contributed by atoms with van der Waals surface area (Å²) in [6.07, 6.45) is -0.123. The van der Waals surface area contributed by atoms with Gasteiger partial charge in [0.15, 0.2) is 0 Å². The molecule has 0 saturated carbocycles. The number of carbonyl (C=O) groups excluding carboxylic acids is 2. The number of amides is 2. The average molecular weight is 433 g/mol. The third-order valence-corrected chi connectivity index (χ3v) is 5.19. The fourth-order valence-corrected chi connectivity index (χ4v) is 3.77. The molecule has 0 saturated heterocycles. The van der Waals surface area contributed by atoms with Gasteiger partial charge in [-0.2, -0.15) is 5.10 Å². The molecule has 2 aromatic carbocycles. The molecule has 29 heavy (non-hydrogen) atoms. The van der Waals surface area contributed by atoms with E-state index in [-0.39, 0.29) is 18.1 Å². The lowest BCUT2D eigenvalue weighted by Gasteiger charge is -2.11. The first kappa shape index (κ1) is 19.4. The van der Waals surface area contributed by atoms with E-state index in [9.17, 15) is 14.0 Å². The topological polar surface area (TPSA) is 76.0 Å². The molecule has 0 fully saturated rings. The molecule has 2 amide bonds. The van der Waals surface area contributed by atoms with E-state index >= 15 is 0 Å². The molecule has 1 aliphatic heterocycles. The van der Waals surface area contributed by atoms with Crippen LogP contribution in [0.2, 0.25) is 10.0 Å². The second kappa shape index (κ2) is 7.50. The summed E-state index contributed by atoms with van der Waals surface area (Å²) in [6.45, 7) is 1.79. The Bertz CT molecular complexity index is 1130. The molecule has 1 atom stereocenters. The number of halogens is 3. The molecule has 6 nitrogen and oxygen atoms in total. The Balaban J connectivity index is 1.58. The summed E-state index contributed by atoms with van der Waals surface area (Å²) >= 11 is 11.9. The molecule has 2 heterocycles. The smallest absolute Gasteiger partial charge is 0.251 e. The van der Waals surface area contributed by atoms with Crippen LogP contribution in [0, 0.1) is 12.7 Å². The highest BCUT2D eigenvalue weighted by Gasteiger charge is 2.36. The molecule has 0 radical (unpaired) electrons. The van der Waals surface area contributed by atoms with Gasteiger partial charge < -0.3 is 10.6 Å². The van der Waals surface area contributed by atoms with Crippen molar-refractivity contribution < 1.29 is 14.0 Å². The first-order chi connectivity index (χ1) is 13.8. The minimum absolute atomic E-state index is 0.123. The summed E-state index contributed by atoms with van der Waals surface area (Å²) in [5, 5.41) is 10.6. The van der Waals surface area contributed by atoms with Crippen molar-refractivity contribution in [1.29, 1.82) is 0 Å². The minimum atomic E-state index is -0.802. The fourth-order valence-electron chi connectivity index (χ4n) is 3.31. The number of hydrogen-bond donors (Lipinski definition) is 2. The van der Waals surface area contributed by atoms with Crippen LogP contribution >= 0.6 is 23.2 Å². The van der Waals surface area contributed by atoms with Crippen molar-refractivity contribution in [3.05, 3.63) is 64.0 Å². The highest BCUT2D eigenvalue weighted by Crippen LogP contribution is 2.38. The maximum atomic E-state index is 13.2. The summed E-state index contributed by atoms with van der Waals surface area (Å²) < 4.78 is 14.7. The SMILES string of the molecule is Cc1nn2c(c1-c1ccc(F)cc1)NC(=O)C2CC(=O)Nc1ccc(Cl)cc1Cl. The normalized spacial score (nSPS) is 15.2. The monoisotopic (exact) mass is 432 g/mol. The van der Waals surface area contributed by atoms with E-state index in [4.69, 9.17) is 23.2 Å². The predicted molar refractivity (Wildman–Crippen MR) is 110 cm³/mol. The van der Waals surface area contributed by atoms with Crippen molar-refractivity contribution >= 4 is 46.5 Å². The zero-order valence-electron chi connectivity index (χ0n) is 15.2. The van der Waals surface area contributed by atoms with Crippen LogP contribution in [0.5, 0.6) is 0 Å². The van der Waals surface area contributed by atoms with Gasteiger partial charge in [-0.15, -0.1) is 0 Å². The highest BCUT2D eigenvalue weighted by atomic mass is 35.5. The van der Waals surface area contributed by atoms with E-state index in [0.717, 1.165) is 5.56 Å². The lowest BCUT2D eigenvalue weighted by molar-refractivity contribution is -0.123. The van der Waals surface area contributed by atoms with Crippen molar-refractivity contribution in [1.82, 2.24) is 9.78 Å². The summed E-state index contributed by atoms with van der Waals surface area (Å²) in [6, 6.07) is 9.84. The van der Waals surface area contributed by atoms with Crippen LogP contribution in [0.4, 0.5) is 15.9 Å². The minimum Gasteiger partial charge on any atom is -0.325 e. The number of aryl methyl sites for hydroxylation is 1. The van der Waals surface area contributed by atoms with Crippen molar-refractivity contribution in [2.24, 2.45) is 0 Å². The number of carbonyl (C=O) groups is 2. The number of fused-ring (bicyclic) bond motifs is 1. The van der Waals surface area contributed by atoms with Crippen LogP contribution < -0.4 is 10.6 Å². The number of benzene rings is 2. The zero-order chi connectivity index (χ0) is 20.7. The van der Waals surface area contributed by atoms with Crippen LogP contribution in [-0.4, -0.2) is 21.6 Å². The first-order valence-electron chi connectivity index (χ1n) is 8.74. The van der Waals surface area contributed by atoms with E-state index in [2.05, 4.69) is 15.7 Å². The Labute approximate surface area is 175 Å². The van der Waals surface area contributed by atoms with Gasteiger partial charge in [0, 0.05) is 10.6 Å². The second-order valence-electron chi connectivity index (χ2n) is 6.64. The highest BCUT2D eigenvalue weighted by molar-refractivity contribution is 6.36. The van der Waals surface area contributed by atoms with Crippen molar-refractivity contribution in [3.63, 3.8) is 0 Å². The second-order valence-corrected chi connectivity index (χ2v) is 7.49. The molecule has 1 unspecified atom stereocenters. The molecule has 0 bridgehead atoms. The molecule has 1 aromatic heterocycles. The molecule has 148 valence electrons. The molecule has 0 spiro atoms. The summed E-state index contributed by atoms with van der Waals surface area (Å²) in [5.41, 5.74) is 2.49. The van der Waals surface area contributed by atoms with Gasteiger partial charge >= 0.3 is 0 Å². The van der Waals surface area contributed by atoms with Gasteiger partial charge in [-0.3, -0.25) is 9.59 Å². The van der Waals surface area contributed by atoms with Crippen LogP contribution in [0.15, 0.2) is 42.5 Å². The van der Waals surface area contributed by atoms with E-state index in [0.29, 0.717) is 32.8 Å². The van der Waals surface area contributed by atoms with Gasteiger partial charge in [0.1, 0.15) is 17.7 Å². The number of hydrogen-bond acceptors (Lipinski definition) is 3. The standard InChI is InChI=1S/C20H15Cl2FN4O2/c1-10-18(11-2-5-13(23)6-3-11)19-25-20(29)16(27(19)26-10)9-17(28)24-15-7-4-12(21)8-14(15)22/h2-8,16H,9H2,1H3,(H,24,28)(H,25,29). The maximum absolute atomic E-state index is 13.2. The molecule has 0 aliphatic carbocycles. The van der Waals surface area contributed by atoms with Gasteiger partial charge in [0.05, 0.1) is 22.8 Å². The summed E-state index contributed by atoms with van der Waals surface area (Å²) in [4.78, 5) is 25.0. The molecule has 9 heteroatoms.